The van der Waals surface area contributed by atoms with Crippen molar-refractivity contribution in [3.05, 3.63) is 53.6 Å². The molecule has 0 saturated carbocycles. The van der Waals surface area contributed by atoms with Gasteiger partial charge in [-0.3, -0.25) is 0 Å². The van der Waals surface area contributed by atoms with Crippen LogP contribution in [0.5, 0.6) is 17.2 Å². The third kappa shape index (κ3) is 2.67. The highest BCUT2D eigenvalue weighted by molar-refractivity contribution is 5.43. The number of hydrogen-bond donors (Lipinski definition) is 1. The van der Waals surface area contributed by atoms with E-state index in [1.54, 1.807) is 14.2 Å². The standard InChI is InChI=1S/C17H19NO3/c1-19-12-4-3-5-14(9-12)21-16-8-11-6-7-13(20-2)10-15(11)17(16)18/h3-7,9-10,16-17H,8,18H2,1-2H3. The zero-order valence-corrected chi connectivity index (χ0v) is 12.2. The summed E-state index contributed by atoms with van der Waals surface area (Å²) in [6, 6.07) is 13.4. The fraction of sp³-hybridized carbons (Fsp3) is 0.294. The summed E-state index contributed by atoms with van der Waals surface area (Å²) in [5.74, 6) is 2.37. The van der Waals surface area contributed by atoms with Gasteiger partial charge in [0.25, 0.3) is 0 Å². The molecule has 0 aliphatic heterocycles. The van der Waals surface area contributed by atoms with Crippen molar-refractivity contribution in [1.29, 1.82) is 0 Å². The molecule has 0 amide bonds. The topological polar surface area (TPSA) is 53.7 Å². The van der Waals surface area contributed by atoms with Gasteiger partial charge in [0.15, 0.2) is 0 Å². The molecule has 0 fully saturated rings. The van der Waals surface area contributed by atoms with Gasteiger partial charge in [0.05, 0.1) is 20.3 Å². The van der Waals surface area contributed by atoms with Crippen LogP contribution in [0, 0.1) is 0 Å². The zero-order chi connectivity index (χ0) is 14.8. The Morgan fingerprint density at radius 2 is 1.67 bits per heavy atom. The van der Waals surface area contributed by atoms with Gasteiger partial charge in [-0.15, -0.1) is 0 Å². The highest BCUT2D eigenvalue weighted by Crippen LogP contribution is 2.35. The van der Waals surface area contributed by atoms with E-state index in [1.165, 1.54) is 5.56 Å². The van der Waals surface area contributed by atoms with Crippen LogP contribution in [0.2, 0.25) is 0 Å². The summed E-state index contributed by atoms with van der Waals surface area (Å²) in [4.78, 5) is 0. The van der Waals surface area contributed by atoms with E-state index in [0.717, 1.165) is 29.2 Å². The first-order valence-electron chi connectivity index (χ1n) is 6.94. The monoisotopic (exact) mass is 285 g/mol. The molecule has 2 unspecified atom stereocenters. The minimum absolute atomic E-state index is 0.0702. The van der Waals surface area contributed by atoms with Crippen LogP contribution in [0.25, 0.3) is 0 Å². The van der Waals surface area contributed by atoms with E-state index in [9.17, 15) is 0 Å². The molecule has 0 bridgehead atoms. The van der Waals surface area contributed by atoms with Gasteiger partial charge in [0, 0.05) is 12.5 Å². The number of nitrogens with two attached hydrogens (primary N) is 1. The SMILES string of the molecule is COc1cccc(OC2Cc3ccc(OC)cc3C2N)c1. The predicted molar refractivity (Wildman–Crippen MR) is 81.0 cm³/mol. The maximum atomic E-state index is 6.32. The van der Waals surface area contributed by atoms with Crippen molar-refractivity contribution in [2.45, 2.75) is 18.6 Å². The lowest BCUT2D eigenvalue weighted by atomic mass is 10.1. The van der Waals surface area contributed by atoms with Crippen molar-refractivity contribution in [2.75, 3.05) is 14.2 Å². The Labute approximate surface area is 124 Å². The second kappa shape index (κ2) is 5.66. The lowest BCUT2D eigenvalue weighted by Gasteiger charge is -2.18. The normalized spacial score (nSPS) is 20.0. The number of hydrogen-bond acceptors (Lipinski definition) is 4. The molecule has 2 N–H and O–H groups in total. The molecule has 0 radical (unpaired) electrons. The molecule has 0 saturated heterocycles. The Morgan fingerprint density at radius 3 is 2.43 bits per heavy atom. The Balaban J connectivity index is 1.79. The van der Waals surface area contributed by atoms with Crippen molar-refractivity contribution in [3.63, 3.8) is 0 Å². The molecule has 0 spiro atoms. The zero-order valence-electron chi connectivity index (χ0n) is 12.2. The van der Waals surface area contributed by atoms with E-state index < -0.39 is 0 Å². The number of rotatable bonds is 4. The van der Waals surface area contributed by atoms with E-state index >= 15 is 0 Å². The quantitative estimate of drug-likeness (QED) is 0.938. The van der Waals surface area contributed by atoms with Crippen LogP contribution in [0.3, 0.4) is 0 Å². The van der Waals surface area contributed by atoms with Crippen LogP contribution in [-0.4, -0.2) is 20.3 Å². The predicted octanol–water partition coefficient (Wildman–Crippen LogP) is 2.71. The summed E-state index contributed by atoms with van der Waals surface area (Å²) in [5.41, 5.74) is 8.64. The fourth-order valence-corrected chi connectivity index (χ4v) is 2.70. The molecule has 3 rings (SSSR count). The third-order valence-corrected chi connectivity index (χ3v) is 3.86. The molecule has 21 heavy (non-hydrogen) atoms. The van der Waals surface area contributed by atoms with Crippen molar-refractivity contribution in [3.8, 4) is 17.2 Å². The van der Waals surface area contributed by atoms with E-state index in [0.29, 0.717) is 0 Å². The lowest BCUT2D eigenvalue weighted by Crippen LogP contribution is -2.27. The maximum absolute atomic E-state index is 6.32. The van der Waals surface area contributed by atoms with E-state index in [4.69, 9.17) is 19.9 Å². The smallest absolute Gasteiger partial charge is 0.123 e. The summed E-state index contributed by atoms with van der Waals surface area (Å²) in [6.07, 6.45) is 0.733. The van der Waals surface area contributed by atoms with Crippen LogP contribution < -0.4 is 19.9 Å². The molecule has 2 aromatic carbocycles. The Morgan fingerprint density at radius 1 is 0.952 bits per heavy atom. The first-order chi connectivity index (χ1) is 10.2. The first-order valence-corrected chi connectivity index (χ1v) is 6.94. The summed E-state index contributed by atoms with van der Waals surface area (Å²) in [7, 11) is 3.30. The number of benzene rings is 2. The molecule has 110 valence electrons. The minimum Gasteiger partial charge on any atom is -0.497 e. The van der Waals surface area contributed by atoms with Gasteiger partial charge in [-0.1, -0.05) is 12.1 Å². The molecule has 4 heteroatoms. The van der Waals surface area contributed by atoms with E-state index in [2.05, 4.69) is 6.07 Å². The molecule has 0 aromatic heterocycles. The minimum atomic E-state index is -0.152. The molecular weight excluding hydrogens is 266 g/mol. The number of methoxy groups -OCH3 is 2. The summed E-state index contributed by atoms with van der Waals surface area (Å²) in [5, 5.41) is 0. The number of ether oxygens (including phenoxy) is 3. The molecule has 0 heterocycles. The van der Waals surface area contributed by atoms with Crippen LogP contribution in [0.15, 0.2) is 42.5 Å². The molecule has 2 atom stereocenters. The van der Waals surface area contributed by atoms with Crippen LogP contribution in [0.4, 0.5) is 0 Å². The highest BCUT2D eigenvalue weighted by atomic mass is 16.5. The lowest BCUT2D eigenvalue weighted by molar-refractivity contribution is 0.184. The Kier molecular flexibility index (Phi) is 3.71. The molecule has 4 nitrogen and oxygen atoms in total. The van der Waals surface area contributed by atoms with E-state index in [1.807, 2.05) is 36.4 Å². The van der Waals surface area contributed by atoms with Crippen LogP contribution >= 0.6 is 0 Å². The summed E-state index contributed by atoms with van der Waals surface area (Å²) >= 11 is 0. The Bertz CT molecular complexity index is 642. The fourth-order valence-electron chi connectivity index (χ4n) is 2.70. The number of fused-ring (bicyclic) bond motifs is 1. The van der Waals surface area contributed by atoms with Crippen molar-refractivity contribution < 1.29 is 14.2 Å². The Hall–Kier alpha value is -2.20. The van der Waals surface area contributed by atoms with Crippen LogP contribution in [-0.2, 0) is 6.42 Å². The first kappa shape index (κ1) is 13.8. The second-order valence-corrected chi connectivity index (χ2v) is 5.13. The van der Waals surface area contributed by atoms with Gasteiger partial charge >= 0.3 is 0 Å². The van der Waals surface area contributed by atoms with Gasteiger partial charge < -0.3 is 19.9 Å². The summed E-state index contributed by atoms with van der Waals surface area (Å²) < 4.78 is 16.5. The van der Waals surface area contributed by atoms with Crippen LogP contribution in [0.1, 0.15) is 17.2 Å². The molecule has 2 aromatic rings. The van der Waals surface area contributed by atoms with Crippen molar-refractivity contribution >= 4 is 0 Å². The second-order valence-electron chi connectivity index (χ2n) is 5.13. The molecule has 1 aliphatic rings. The van der Waals surface area contributed by atoms with Gasteiger partial charge in [0.2, 0.25) is 0 Å². The van der Waals surface area contributed by atoms with Crippen molar-refractivity contribution in [1.82, 2.24) is 0 Å². The van der Waals surface area contributed by atoms with Gasteiger partial charge in [-0.05, 0) is 35.4 Å². The van der Waals surface area contributed by atoms with Crippen molar-refractivity contribution in [2.24, 2.45) is 5.73 Å². The van der Waals surface area contributed by atoms with Gasteiger partial charge in [-0.25, -0.2) is 0 Å². The maximum Gasteiger partial charge on any atom is 0.123 e. The largest absolute Gasteiger partial charge is 0.497 e. The molecule has 1 aliphatic carbocycles. The van der Waals surface area contributed by atoms with E-state index in [-0.39, 0.29) is 12.1 Å². The average molecular weight is 285 g/mol. The van der Waals surface area contributed by atoms with Gasteiger partial charge in [0.1, 0.15) is 23.4 Å². The average Bonchev–Trinajstić information content (AvgIpc) is 2.83. The highest BCUT2D eigenvalue weighted by Gasteiger charge is 2.31. The molecular formula is C17H19NO3. The van der Waals surface area contributed by atoms with Gasteiger partial charge in [-0.2, -0.15) is 0 Å². The summed E-state index contributed by atoms with van der Waals surface area (Å²) in [6.45, 7) is 0. The third-order valence-electron chi connectivity index (χ3n) is 3.86.